The smallest absolute Gasteiger partial charge is 0.270 e. The predicted octanol–water partition coefficient (Wildman–Crippen LogP) is 2.45. The number of aryl methyl sites for hydroxylation is 1. The van der Waals surface area contributed by atoms with Crippen LogP contribution in [0.3, 0.4) is 0 Å². The minimum Gasteiger partial charge on any atom is -0.483 e. The average molecular weight is 399 g/mol. The van der Waals surface area contributed by atoms with E-state index in [9.17, 15) is 24.5 Å². The van der Waals surface area contributed by atoms with Crippen LogP contribution in [0.1, 0.15) is 22.8 Å². The number of rotatable bonds is 9. The van der Waals surface area contributed by atoms with Gasteiger partial charge in [-0.05, 0) is 24.1 Å². The van der Waals surface area contributed by atoms with E-state index in [1.54, 1.807) is 6.07 Å². The van der Waals surface area contributed by atoms with Gasteiger partial charge in [0.25, 0.3) is 11.6 Å². The number of carbonyl (C=O) groups is 3. The van der Waals surface area contributed by atoms with E-state index in [4.69, 9.17) is 4.74 Å². The van der Waals surface area contributed by atoms with Crippen LogP contribution < -0.4 is 10.1 Å². The molecule has 0 bridgehead atoms. The van der Waals surface area contributed by atoms with Crippen LogP contribution in [-0.4, -0.2) is 48.1 Å². The SMILES string of the molecule is CCc1ccccc1NC(=O)CN(C)C(=O)COc1ccc([N+](=O)[O-])cc1C=O. The van der Waals surface area contributed by atoms with Crippen molar-refractivity contribution in [3.8, 4) is 5.75 Å². The molecule has 2 amide bonds. The van der Waals surface area contributed by atoms with E-state index < -0.39 is 17.4 Å². The molecule has 0 saturated carbocycles. The Kier molecular flexibility index (Phi) is 7.41. The van der Waals surface area contributed by atoms with E-state index in [1.807, 2.05) is 25.1 Å². The highest BCUT2D eigenvalue weighted by Gasteiger charge is 2.16. The summed E-state index contributed by atoms with van der Waals surface area (Å²) in [5.41, 5.74) is 1.38. The molecule has 0 aliphatic carbocycles. The van der Waals surface area contributed by atoms with E-state index in [2.05, 4.69) is 5.32 Å². The van der Waals surface area contributed by atoms with E-state index in [-0.39, 0.29) is 29.5 Å². The van der Waals surface area contributed by atoms with Gasteiger partial charge in [0, 0.05) is 24.9 Å². The average Bonchev–Trinajstić information content (AvgIpc) is 2.71. The zero-order chi connectivity index (χ0) is 21.4. The maximum absolute atomic E-state index is 12.2. The third kappa shape index (κ3) is 5.86. The first-order chi connectivity index (χ1) is 13.8. The van der Waals surface area contributed by atoms with Crippen molar-refractivity contribution in [2.75, 3.05) is 25.5 Å². The van der Waals surface area contributed by atoms with Crippen LogP contribution in [0.4, 0.5) is 11.4 Å². The number of non-ortho nitro benzene ring substituents is 1. The lowest BCUT2D eigenvalue weighted by Gasteiger charge is -2.18. The molecule has 0 unspecified atom stereocenters. The topological polar surface area (TPSA) is 119 Å². The van der Waals surface area contributed by atoms with E-state index in [0.717, 1.165) is 18.1 Å². The van der Waals surface area contributed by atoms with Crippen molar-refractivity contribution in [3.05, 3.63) is 63.7 Å². The Balaban J connectivity index is 1.93. The summed E-state index contributed by atoms with van der Waals surface area (Å²) in [5.74, 6) is -0.793. The van der Waals surface area contributed by atoms with Gasteiger partial charge in [-0.1, -0.05) is 25.1 Å². The van der Waals surface area contributed by atoms with Crippen LogP contribution in [0.5, 0.6) is 5.75 Å². The van der Waals surface area contributed by atoms with E-state index >= 15 is 0 Å². The normalized spacial score (nSPS) is 10.1. The number of nitro groups is 1. The number of nitrogens with zero attached hydrogens (tertiary/aromatic N) is 2. The molecule has 0 saturated heterocycles. The summed E-state index contributed by atoms with van der Waals surface area (Å²) in [6, 6.07) is 10.9. The first kappa shape index (κ1) is 21.5. The fourth-order valence-electron chi connectivity index (χ4n) is 2.57. The third-order valence-electron chi connectivity index (χ3n) is 4.16. The summed E-state index contributed by atoms with van der Waals surface area (Å²) >= 11 is 0. The second-order valence-electron chi connectivity index (χ2n) is 6.19. The number of nitro benzene ring substituents is 1. The highest BCUT2D eigenvalue weighted by molar-refractivity contribution is 5.95. The van der Waals surface area contributed by atoms with E-state index in [0.29, 0.717) is 12.0 Å². The van der Waals surface area contributed by atoms with Gasteiger partial charge in [0.05, 0.1) is 17.0 Å². The van der Waals surface area contributed by atoms with Crippen LogP contribution >= 0.6 is 0 Å². The highest BCUT2D eigenvalue weighted by atomic mass is 16.6. The molecule has 0 aliphatic rings. The molecule has 0 radical (unpaired) electrons. The van der Waals surface area contributed by atoms with Crippen molar-refractivity contribution >= 4 is 29.5 Å². The standard InChI is InChI=1S/C20H21N3O6/c1-3-14-6-4-5-7-17(14)21-19(25)11-22(2)20(26)13-29-18-9-8-16(23(27)28)10-15(18)12-24/h4-10,12H,3,11,13H2,1-2H3,(H,21,25). The lowest BCUT2D eigenvalue weighted by atomic mass is 10.1. The number of hydrogen-bond donors (Lipinski definition) is 1. The van der Waals surface area contributed by atoms with E-state index in [1.165, 1.54) is 24.1 Å². The molecule has 2 aromatic carbocycles. The van der Waals surface area contributed by atoms with Gasteiger partial charge < -0.3 is 15.0 Å². The maximum atomic E-state index is 12.2. The molecule has 152 valence electrons. The van der Waals surface area contributed by atoms with Crippen LogP contribution in [0.15, 0.2) is 42.5 Å². The minimum absolute atomic E-state index is 0.0384. The van der Waals surface area contributed by atoms with Gasteiger partial charge in [-0.3, -0.25) is 24.5 Å². The number of nitrogens with one attached hydrogen (secondary N) is 1. The lowest BCUT2D eigenvalue weighted by Crippen LogP contribution is -2.37. The summed E-state index contributed by atoms with van der Waals surface area (Å²) in [4.78, 5) is 46.9. The van der Waals surface area contributed by atoms with Crippen molar-refractivity contribution < 1.29 is 24.0 Å². The molecule has 9 heteroatoms. The number of anilines is 1. The maximum Gasteiger partial charge on any atom is 0.270 e. The summed E-state index contributed by atoms with van der Waals surface area (Å²) in [5, 5.41) is 13.5. The van der Waals surface area contributed by atoms with Gasteiger partial charge >= 0.3 is 0 Å². The molecule has 2 rings (SSSR count). The molecule has 1 N–H and O–H groups in total. The molecule has 0 aliphatic heterocycles. The number of aldehydes is 1. The van der Waals surface area contributed by atoms with Crippen molar-refractivity contribution in [2.24, 2.45) is 0 Å². The van der Waals surface area contributed by atoms with Crippen molar-refractivity contribution in [1.29, 1.82) is 0 Å². The van der Waals surface area contributed by atoms with Gasteiger partial charge in [-0.2, -0.15) is 0 Å². The molecular weight excluding hydrogens is 378 g/mol. The molecule has 0 atom stereocenters. The zero-order valence-corrected chi connectivity index (χ0v) is 16.1. The first-order valence-corrected chi connectivity index (χ1v) is 8.83. The summed E-state index contributed by atoms with van der Waals surface area (Å²) in [7, 11) is 1.45. The molecule has 9 nitrogen and oxygen atoms in total. The Morgan fingerprint density at radius 2 is 1.97 bits per heavy atom. The van der Waals surface area contributed by atoms with Gasteiger partial charge in [0.1, 0.15) is 5.75 Å². The number of hydrogen-bond acceptors (Lipinski definition) is 6. The largest absolute Gasteiger partial charge is 0.483 e. The highest BCUT2D eigenvalue weighted by Crippen LogP contribution is 2.22. The Hall–Kier alpha value is -3.75. The Morgan fingerprint density at radius 3 is 2.62 bits per heavy atom. The lowest BCUT2D eigenvalue weighted by molar-refractivity contribution is -0.384. The Morgan fingerprint density at radius 1 is 1.24 bits per heavy atom. The van der Waals surface area contributed by atoms with Gasteiger partial charge in [-0.15, -0.1) is 0 Å². The molecule has 29 heavy (non-hydrogen) atoms. The predicted molar refractivity (Wildman–Crippen MR) is 106 cm³/mol. The Labute approximate surface area is 167 Å². The second kappa shape index (κ2) is 9.98. The van der Waals surface area contributed by atoms with Gasteiger partial charge in [0.2, 0.25) is 5.91 Å². The van der Waals surface area contributed by atoms with Crippen LogP contribution in [0.2, 0.25) is 0 Å². The second-order valence-corrected chi connectivity index (χ2v) is 6.19. The molecule has 0 fully saturated rings. The summed E-state index contributed by atoms with van der Waals surface area (Å²) < 4.78 is 5.31. The number of ether oxygens (including phenoxy) is 1. The molecule has 0 aromatic heterocycles. The van der Waals surface area contributed by atoms with Crippen LogP contribution in [0, 0.1) is 10.1 Å². The third-order valence-corrected chi connectivity index (χ3v) is 4.16. The quantitative estimate of drug-likeness (QED) is 0.393. The molecule has 0 spiro atoms. The summed E-state index contributed by atoms with van der Waals surface area (Å²) in [6.45, 7) is 1.37. The number of para-hydroxylation sites is 1. The van der Waals surface area contributed by atoms with Gasteiger partial charge in [0.15, 0.2) is 12.9 Å². The fraction of sp³-hybridized carbons (Fsp3) is 0.250. The number of benzene rings is 2. The van der Waals surface area contributed by atoms with Crippen LogP contribution in [0.25, 0.3) is 0 Å². The Bertz CT molecular complexity index is 928. The van der Waals surface area contributed by atoms with Gasteiger partial charge in [-0.25, -0.2) is 0 Å². The minimum atomic E-state index is -0.634. The van der Waals surface area contributed by atoms with Crippen molar-refractivity contribution in [2.45, 2.75) is 13.3 Å². The number of amides is 2. The van der Waals surface area contributed by atoms with Crippen LogP contribution in [-0.2, 0) is 16.0 Å². The number of carbonyl (C=O) groups excluding carboxylic acids is 3. The monoisotopic (exact) mass is 399 g/mol. The van der Waals surface area contributed by atoms with Crippen molar-refractivity contribution in [1.82, 2.24) is 4.90 Å². The molecule has 2 aromatic rings. The molecular formula is C20H21N3O6. The molecule has 0 heterocycles. The fourth-order valence-corrected chi connectivity index (χ4v) is 2.57. The van der Waals surface area contributed by atoms with Crippen molar-refractivity contribution in [3.63, 3.8) is 0 Å². The summed E-state index contributed by atoms with van der Waals surface area (Å²) in [6.07, 6.45) is 1.17. The first-order valence-electron chi connectivity index (χ1n) is 8.83. The zero-order valence-electron chi connectivity index (χ0n) is 16.1. The number of likely N-dealkylation sites (N-methyl/N-ethyl adjacent to an activating group) is 1.